The predicted octanol–water partition coefficient (Wildman–Crippen LogP) is 2.01. The minimum atomic E-state index is -0.232. The second kappa shape index (κ2) is 5.36. The highest BCUT2D eigenvalue weighted by Crippen LogP contribution is 2.15. The zero-order chi connectivity index (χ0) is 14.0. The summed E-state index contributed by atoms with van der Waals surface area (Å²) >= 11 is 5.63. The van der Waals surface area contributed by atoms with Crippen molar-refractivity contribution in [2.45, 2.75) is 20.4 Å². The van der Waals surface area contributed by atoms with Gasteiger partial charge in [-0.1, -0.05) is 16.8 Å². The molecule has 0 atom stereocenters. The monoisotopic (exact) mass is 280 g/mol. The smallest absolute Gasteiger partial charge is 0.274 e. The first-order valence-corrected chi connectivity index (χ1v) is 6.01. The molecule has 0 unspecified atom stereocenters. The fraction of sp³-hybridized carbons (Fsp3) is 0.333. The average molecular weight is 281 g/mol. The molecule has 0 aliphatic heterocycles. The normalized spacial score (nSPS) is 10.5. The molecule has 0 bridgehead atoms. The summed E-state index contributed by atoms with van der Waals surface area (Å²) in [4.78, 5) is 21.5. The maximum Gasteiger partial charge on any atom is 0.274 e. The molecule has 0 aliphatic carbocycles. The quantitative estimate of drug-likeness (QED) is 0.860. The zero-order valence-electron chi connectivity index (χ0n) is 10.8. The topological polar surface area (TPSA) is 72.1 Å². The van der Waals surface area contributed by atoms with Gasteiger partial charge in [-0.2, -0.15) is 0 Å². The van der Waals surface area contributed by atoms with Crippen LogP contribution in [0.3, 0.4) is 0 Å². The number of aromatic nitrogens is 3. The minimum absolute atomic E-state index is 0.232. The van der Waals surface area contributed by atoms with Gasteiger partial charge in [0.05, 0.1) is 24.6 Å². The largest absolute Gasteiger partial charge is 0.361 e. The molecular formula is C12H13ClN4O2. The van der Waals surface area contributed by atoms with Crippen LogP contribution in [-0.2, 0) is 6.54 Å². The maximum absolute atomic E-state index is 12.1. The molecule has 0 saturated carbocycles. The number of nitrogens with zero attached hydrogens (tertiary/aromatic N) is 4. The Kier molecular flexibility index (Phi) is 3.80. The maximum atomic E-state index is 12.1. The summed E-state index contributed by atoms with van der Waals surface area (Å²) in [7, 11) is 1.69. The van der Waals surface area contributed by atoms with Crippen molar-refractivity contribution < 1.29 is 9.32 Å². The van der Waals surface area contributed by atoms with Gasteiger partial charge in [-0.3, -0.25) is 4.79 Å². The number of rotatable bonds is 3. The fourth-order valence-corrected chi connectivity index (χ4v) is 1.75. The van der Waals surface area contributed by atoms with Gasteiger partial charge in [0.15, 0.2) is 0 Å². The van der Waals surface area contributed by atoms with Gasteiger partial charge in [-0.05, 0) is 13.8 Å². The molecular weight excluding hydrogens is 268 g/mol. The van der Waals surface area contributed by atoms with Crippen LogP contribution in [0.4, 0.5) is 0 Å². The molecule has 0 N–H and O–H groups in total. The molecule has 0 spiro atoms. The highest BCUT2D eigenvalue weighted by molar-refractivity contribution is 6.29. The van der Waals surface area contributed by atoms with Crippen molar-refractivity contribution in [3.63, 3.8) is 0 Å². The summed E-state index contributed by atoms with van der Waals surface area (Å²) in [5.74, 6) is 0.475. The van der Waals surface area contributed by atoms with E-state index in [1.807, 2.05) is 13.8 Å². The van der Waals surface area contributed by atoms with Crippen LogP contribution < -0.4 is 0 Å². The number of hydrogen-bond donors (Lipinski definition) is 0. The molecule has 0 fully saturated rings. The van der Waals surface area contributed by atoms with Gasteiger partial charge in [0.1, 0.15) is 16.6 Å². The predicted molar refractivity (Wildman–Crippen MR) is 68.8 cm³/mol. The van der Waals surface area contributed by atoms with Crippen LogP contribution in [0.1, 0.15) is 27.5 Å². The van der Waals surface area contributed by atoms with Crippen molar-refractivity contribution in [1.29, 1.82) is 0 Å². The number of carbonyl (C=O) groups excluding carboxylic acids is 1. The van der Waals surface area contributed by atoms with E-state index in [0.717, 1.165) is 11.3 Å². The van der Waals surface area contributed by atoms with E-state index < -0.39 is 0 Å². The van der Waals surface area contributed by atoms with Gasteiger partial charge in [0.2, 0.25) is 0 Å². The molecule has 0 aliphatic rings. The third kappa shape index (κ3) is 2.90. The van der Waals surface area contributed by atoms with E-state index in [1.165, 1.54) is 17.3 Å². The van der Waals surface area contributed by atoms with Crippen LogP contribution in [-0.4, -0.2) is 33.0 Å². The highest BCUT2D eigenvalue weighted by atomic mass is 35.5. The Labute approximate surface area is 115 Å². The molecule has 2 rings (SSSR count). The van der Waals surface area contributed by atoms with E-state index >= 15 is 0 Å². The number of hydrogen-bond acceptors (Lipinski definition) is 5. The van der Waals surface area contributed by atoms with Gasteiger partial charge >= 0.3 is 0 Å². The molecule has 6 nitrogen and oxygen atoms in total. The summed E-state index contributed by atoms with van der Waals surface area (Å²) in [6, 6.07) is 0. The summed E-state index contributed by atoms with van der Waals surface area (Å²) in [6.45, 7) is 4.06. The number of amides is 1. The van der Waals surface area contributed by atoms with Gasteiger partial charge < -0.3 is 9.42 Å². The van der Waals surface area contributed by atoms with Crippen LogP contribution in [0.25, 0.3) is 0 Å². The Morgan fingerprint density at radius 2 is 2.11 bits per heavy atom. The summed E-state index contributed by atoms with van der Waals surface area (Å²) in [5.41, 5.74) is 1.93. The van der Waals surface area contributed by atoms with E-state index in [9.17, 15) is 4.79 Å². The van der Waals surface area contributed by atoms with Gasteiger partial charge in [0, 0.05) is 12.6 Å². The Morgan fingerprint density at radius 1 is 1.37 bits per heavy atom. The molecule has 0 aromatic carbocycles. The van der Waals surface area contributed by atoms with Crippen LogP contribution in [0.5, 0.6) is 0 Å². The van der Waals surface area contributed by atoms with Gasteiger partial charge in [0.25, 0.3) is 5.91 Å². The lowest BCUT2D eigenvalue weighted by atomic mass is 10.2. The molecule has 100 valence electrons. The summed E-state index contributed by atoms with van der Waals surface area (Å²) in [5, 5.41) is 4.11. The molecule has 2 aromatic heterocycles. The Morgan fingerprint density at radius 3 is 2.63 bits per heavy atom. The van der Waals surface area contributed by atoms with Crippen molar-refractivity contribution in [3.8, 4) is 0 Å². The number of carbonyl (C=O) groups is 1. The van der Waals surface area contributed by atoms with E-state index in [1.54, 1.807) is 7.05 Å². The Hall–Kier alpha value is -1.95. The lowest BCUT2D eigenvalue weighted by Gasteiger charge is -2.16. The standard InChI is InChI=1S/C12H13ClN4O2/c1-7-9(8(2)19-16-7)6-17(3)12(18)10-4-15-11(13)5-14-10/h4-5H,6H2,1-3H3. The minimum Gasteiger partial charge on any atom is -0.361 e. The molecule has 0 radical (unpaired) electrons. The van der Waals surface area contributed by atoms with Crippen LogP contribution in [0, 0.1) is 13.8 Å². The molecule has 19 heavy (non-hydrogen) atoms. The van der Waals surface area contributed by atoms with Crippen LogP contribution in [0.15, 0.2) is 16.9 Å². The van der Waals surface area contributed by atoms with E-state index in [4.69, 9.17) is 16.1 Å². The zero-order valence-corrected chi connectivity index (χ0v) is 11.6. The molecule has 2 heterocycles. The average Bonchev–Trinajstić information content (AvgIpc) is 2.70. The molecule has 2 aromatic rings. The molecule has 0 saturated heterocycles. The van der Waals surface area contributed by atoms with E-state index in [-0.39, 0.29) is 16.8 Å². The first-order chi connectivity index (χ1) is 8.99. The van der Waals surface area contributed by atoms with Gasteiger partial charge in [-0.15, -0.1) is 0 Å². The molecule has 1 amide bonds. The highest BCUT2D eigenvalue weighted by Gasteiger charge is 2.17. The van der Waals surface area contributed by atoms with Crippen LogP contribution in [0.2, 0.25) is 5.15 Å². The van der Waals surface area contributed by atoms with Crippen molar-refractivity contribution in [3.05, 3.63) is 40.3 Å². The number of aryl methyl sites for hydroxylation is 2. The Balaban J connectivity index is 2.14. The third-order valence-electron chi connectivity index (χ3n) is 2.76. The van der Waals surface area contributed by atoms with Crippen LogP contribution >= 0.6 is 11.6 Å². The van der Waals surface area contributed by atoms with E-state index in [0.29, 0.717) is 12.3 Å². The third-order valence-corrected chi connectivity index (χ3v) is 2.96. The first-order valence-electron chi connectivity index (χ1n) is 5.63. The first kappa shape index (κ1) is 13.5. The van der Waals surface area contributed by atoms with Crippen molar-refractivity contribution in [1.82, 2.24) is 20.0 Å². The Bertz CT molecular complexity index is 575. The van der Waals surface area contributed by atoms with Crippen molar-refractivity contribution in [2.24, 2.45) is 0 Å². The lowest BCUT2D eigenvalue weighted by molar-refractivity contribution is 0.0778. The summed E-state index contributed by atoms with van der Waals surface area (Å²) < 4.78 is 5.06. The van der Waals surface area contributed by atoms with E-state index in [2.05, 4.69) is 15.1 Å². The second-order valence-electron chi connectivity index (χ2n) is 4.19. The van der Waals surface area contributed by atoms with Crippen molar-refractivity contribution in [2.75, 3.05) is 7.05 Å². The number of halogens is 1. The SMILES string of the molecule is Cc1noc(C)c1CN(C)C(=O)c1cnc(Cl)cn1. The second-order valence-corrected chi connectivity index (χ2v) is 4.58. The van der Waals surface area contributed by atoms with Gasteiger partial charge in [-0.25, -0.2) is 9.97 Å². The lowest BCUT2D eigenvalue weighted by Crippen LogP contribution is -2.27. The summed E-state index contributed by atoms with van der Waals surface area (Å²) in [6.07, 6.45) is 2.70. The fourth-order valence-electron chi connectivity index (χ4n) is 1.65. The molecule has 7 heteroatoms. The van der Waals surface area contributed by atoms with Crippen molar-refractivity contribution >= 4 is 17.5 Å².